The largest absolute Gasteiger partial charge is 0.493 e. The quantitative estimate of drug-likeness (QED) is 0.832. The molecular weight excluding hydrogens is 316 g/mol. The predicted octanol–water partition coefficient (Wildman–Crippen LogP) is 1.30. The number of methoxy groups -OCH3 is 3. The van der Waals surface area contributed by atoms with Crippen molar-refractivity contribution in [3.8, 4) is 17.2 Å². The number of hydrogen-bond acceptors (Lipinski definition) is 7. The molecule has 1 heterocycles. The van der Waals surface area contributed by atoms with Gasteiger partial charge in [0, 0.05) is 36.7 Å². The third-order valence-electron chi connectivity index (χ3n) is 4.12. The van der Waals surface area contributed by atoms with Crippen LogP contribution in [0, 0.1) is 5.92 Å². The van der Waals surface area contributed by atoms with Crippen LogP contribution in [0.15, 0.2) is 6.07 Å². The molecule has 0 radical (unpaired) electrons. The summed E-state index contributed by atoms with van der Waals surface area (Å²) in [7, 11) is 4.48. The Morgan fingerprint density at radius 3 is 2.46 bits per heavy atom. The average molecular weight is 340 g/mol. The molecule has 1 amide bonds. The van der Waals surface area contributed by atoms with E-state index in [4.69, 9.17) is 24.7 Å². The third kappa shape index (κ3) is 2.94. The molecule has 1 aliphatic rings. The lowest BCUT2D eigenvalue weighted by Crippen LogP contribution is -2.45. The van der Waals surface area contributed by atoms with Gasteiger partial charge in [0.05, 0.1) is 33.6 Å². The van der Waals surface area contributed by atoms with Crippen LogP contribution in [0.4, 0.5) is 10.5 Å². The maximum Gasteiger partial charge on any atom is 0.414 e. The second kappa shape index (κ2) is 7.59. The van der Waals surface area contributed by atoms with Gasteiger partial charge in [-0.05, 0) is 6.92 Å². The van der Waals surface area contributed by atoms with Gasteiger partial charge < -0.3 is 29.8 Å². The van der Waals surface area contributed by atoms with Crippen molar-refractivity contribution in [2.75, 3.05) is 46.0 Å². The molecule has 0 unspecified atom stereocenters. The fourth-order valence-electron chi connectivity index (χ4n) is 2.94. The molecule has 0 bridgehead atoms. The topological polar surface area (TPSA) is 103 Å². The highest BCUT2D eigenvalue weighted by molar-refractivity contribution is 5.91. The van der Waals surface area contributed by atoms with Crippen LogP contribution in [0.5, 0.6) is 17.2 Å². The second-order valence-corrected chi connectivity index (χ2v) is 5.36. The van der Waals surface area contributed by atoms with Crippen LogP contribution in [0.2, 0.25) is 0 Å². The highest BCUT2D eigenvalue weighted by Gasteiger charge is 2.39. The first-order valence-corrected chi connectivity index (χ1v) is 7.67. The van der Waals surface area contributed by atoms with Gasteiger partial charge in [0.1, 0.15) is 0 Å². The molecule has 0 spiro atoms. The standard InChI is InChI=1S/C16H24N2O6/c1-5-24-16(20)18-7-9(8-19)13(17)12-10(18)6-11(21-2)14(22-3)15(12)23-4/h6,9,13,19H,5,7-8,17H2,1-4H3/t9-,13+/m1/s1. The fraction of sp³-hybridized carbons (Fsp3) is 0.562. The number of nitrogens with zero attached hydrogens (tertiary/aromatic N) is 1. The number of amides is 1. The molecule has 8 nitrogen and oxygen atoms in total. The summed E-state index contributed by atoms with van der Waals surface area (Å²) in [5.74, 6) is 0.828. The van der Waals surface area contributed by atoms with Gasteiger partial charge in [-0.15, -0.1) is 0 Å². The number of anilines is 1. The van der Waals surface area contributed by atoms with Crippen LogP contribution < -0.4 is 24.8 Å². The second-order valence-electron chi connectivity index (χ2n) is 5.36. The molecule has 8 heteroatoms. The van der Waals surface area contributed by atoms with Crippen molar-refractivity contribution in [1.29, 1.82) is 0 Å². The summed E-state index contributed by atoms with van der Waals surface area (Å²) in [5, 5.41) is 9.65. The number of ether oxygens (including phenoxy) is 4. The fourth-order valence-corrected chi connectivity index (χ4v) is 2.94. The molecule has 134 valence electrons. The number of hydrogen-bond donors (Lipinski definition) is 2. The van der Waals surface area contributed by atoms with E-state index in [2.05, 4.69) is 0 Å². The number of benzene rings is 1. The molecule has 3 N–H and O–H groups in total. The van der Waals surface area contributed by atoms with Gasteiger partial charge in [0.2, 0.25) is 5.75 Å². The van der Waals surface area contributed by atoms with Crippen LogP contribution in [0.25, 0.3) is 0 Å². The number of carbonyl (C=O) groups excluding carboxylic acids is 1. The van der Waals surface area contributed by atoms with Gasteiger partial charge in [-0.3, -0.25) is 4.90 Å². The SMILES string of the molecule is CCOC(=O)N1C[C@H](CO)[C@H](N)c2c1cc(OC)c(OC)c2OC. The number of nitrogens with two attached hydrogens (primary N) is 1. The van der Waals surface area contributed by atoms with E-state index in [9.17, 15) is 9.90 Å². The summed E-state index contributed by atoms with van der Waals surface area (Å²) in [6, 6.07) is 1.14. The Morgan fingerprint density at radius 1 is 1.29 bits per heavy atom. The van der Waals surface area contributed by atoms with Crippen LogP contribution in [0.3, 0.4) is 0 Å². The summed E-state index contributed by atoms with van der Waals surface area (Å²) in [6.45, 7) is 2.04. The van der Waals surface area contributed by atoms with Crippen molar-refractivity contribution in [2.24, 2.45) is 11.7 Å². The van der Waals surface area contributed by atoms with Crippen LogP contribution in [0.1, 0.15) is 18.5 Å². The number of fused-ring (bicyclic) bond motifs is 1. The van der Waals surface area contributed by atoms with E-state index in [1.165, 1.54) is 26.2 Å². The highest BCUT2D eigenvalue weighted by atomic mass is 16.6. The Bertz CT molecular complexity index is 607. The van der Waals surface area contributed by atoms with E-state index in [1.807, 2.05) is 0 Å². The zero-order valence-electron chi connectivity index (χ0n) is 14.4. The minimum absolute atomic E-state index is 0.173. The zero-order valence-corrected chi connectivity index (χ0v) is 14.4. The smallest absolute Gasteiger partial charge is 0.414 e. The number of rotatable bonds is 5. The maximum atomic E-state index is 12.4. The normalized spacial score (nSPS) is 19.5. The molecule has 1 aliphatic heterocycles. The average Bonchev–Trinajstić information content (AvgIpc) is 2.60. The Kier molecular flexibility index (Phi) is 5.74. The molecule has 0 saturated heterocycles. The van der Waals surface area contributed by atoms with E-state index in [1.54, 1.807) is 13.0 Å². The van der Waals surface area contributed by atoms with Gasteiger partial charge in [-0.2, -0.15) is 0 Å². The summed E-state index contributed by atoms with van der Waals surface area (Å²) >= 11 is 0. The first-order valence-electron chi connectivity index (χ1n) is 7.67. The summed E-state index contributed by atoms with van der Waals surface area (Å²) in [5.41, 5.74) is 7.42. The number of carbonyl (C=O) groups is 1. The van der Waals surface area contributed by atoms with Crippen molar-refractivity contribution in [2.45, 2.75) is 13.0 Å². The molecule has 0 aliphatic carbocycles. The van der Waals surface area contributed by atoms with Crippen molar-refractivity contribution >= 4 is 11.8 Å². The predicted molar refractivity (Wildman–Crippen MR) is 88.0 cm³/mol. The molecular formula is C16H24N2O6. The van der Waals surface area contributed by atoms with Crippen LogP contribution in [-0.2, 0) is 4.74 Å². The van der Waals surface area contributed by atoms with Crippen molar-refractivity contribution in [3.63, 3.8) is 0 Å². The summed E-state index contributed by atoms with van der Waals surface area (Å²) in [4.78, 5) is 13.8. The van der Waals surface area contributed by atoms with Gasteiger partial charge in [0.15, 0.2) is 11.5 Å². The van der Waals surface area contributed by atoms with Crippen molar-refractivity contribution < 1.29 is 28.8 Å². The van der Waals surface area contributed by atoms with Crippen LogP contribution >= 0.6 is 0 Å². The zero-order chi connectivity index (χ0) is 17.9. The van der Waals surface area contributed by atoms with Gasteiger partial charge in [0.25, 0.3) is 0 Å². The minimum Gasteiger partial charge on any atom is -0.493 e. The van der Waals surface area contributed by atoms with E-state index in [0.29, 0.717) is 28.5 Å². The first-order chi connectivity index (χ1) is 11.5. The lowest BCUT2D eigenvalue weighted by Gasteiger charge is -2.38. The molecule has 0 aromatic heterocycles. The Labute approximate surface area is 141 Å². The lowest BCUT2D eigenvalue weighted by molar-refractivity contribution is 0.151. The summed E-state index contributed by atoms with van der Waals surface area (Å²) < 4.78 is 21.3. The van der Waals surface area contributed by atoms with E-state index in [0.717, 1.165) is 0 Å². The van der Waals surface area contributed by atoms with E-state index >= 15 is 0 Å². The molecule has 1 aromatic rings. The maximum absolute atomic E-state index is 12.4. The molecule has 0 fully saturated rings. The van der Waals surface area contributed by atoms with E-state index in [-0.39, 0.29) is 25.7 Å². The molecule has 0 saturated carbocycles. The molecule has 24 heavy (non-hydrogen) atoms. The lowest BCUT2D eigenvalue weighted by atomic mass is 9.87. The Hall–Kier alpha value is -2.19. The van der Waals surface area contributed by atoms with Crippen molar-refractivity contribution in [3.05, 3.63) is 11.6 Å². The minimum atomic E-state index is -0.523. The number of aliphatic hydroxyl groups is 1. The van der Waals surface area contributed by atoms with Gasteiger partial charge >= 0.3 is 6.09 Å². The third-order valence-corrected chi connectivity index (χ3v) is 4.12. The first kappa shape index (κ1) is 18.2. The molecule has 1 aromatic carbocycles. The van der Waals surface area contributed by atoms with Gasteiger partial charge in [-0.25, -0.2) is 4.79 Å². The molecule has 2 atom stereocenters. The monoisotopic (exact) mass is 340 g/mol. The summed E-state index contributed by atoms with van der Waals surface area (Å²) in [6.07, 6.45) is -0.515. The van der Waals surface area contributed by atoms with Crippen molar-refractivity contribution in [1.82, 2.24) is 0 Å². The van der Waals surface area contributed by atoms with Gasteiger partial charge in [-0.1, -0.05) is 0 Å². The Morgan fingerprint density at radius 2 is 1.96 bits per heavy atom. The Balaban J connectivity index is 2.69. The van der Waals surface area contributed by atoms with E-state index < -0.39 is 12.1 Å². The van der Waals surface area contributed by atoms with Crippen LogP contribution in [-0.4, -0.2) is 52.3 Å². The number of aliphatic hydroxyl groups excluding tert-OH is 1. The molecule has 2 rings (SSSR count). The highest BCUT2D eigenvalue weighted by Crippen LogP contribution is 2.50.